The summed E-state index contributed by atoms with van der Waals surface area (Å²) in [7, 11) is 0. The SMILES string of the molecule is CC1(C(=O)N(CCO)C2CCC2)CCCC1. The second kappa shape index (κ2) is 4.74. The van der Waals surface area contributed by atoms with Crippen LogP contribution >= 0.6 is 0 Å². The second-order valence-electron chi connectivity index (χ2n) is 5.57. The molecule has 0 aromatic heterocycles. The van der Waals surface area contributed by atoms with Gasteiger partial charge in [0.05, 0.1) is 6.61 Å². The van der Waals surface area contributed by atoms with Gasteiger partial charge in [0, 0.05) is 18.0 Å². The van der Waals surface area contributed by atoms with Crippen LogP contribution in [0, 0.1) is 5.41 Å². The maximum absolute atomic E-state index is 12.5. The summed E-state index contributed by atoms with van der Waals surface area (Å²) in [5, 5.41) is 9.09. The van der Waals surface area contributed by atoms with E-state index in [0.717, 1.165) is 25.7 Å². The van der Waals surface area contributed by atoms with Crippen LogP contribution in [0.5, 0.6) is 0 Å². The molecular formula is C13H23NO2. The molecule has 0 saturated heterocycles. The molecule has 1 N–H and O–H groups in total. The Hall–Kier alpha value is -0.570. The molecule has 0 aliphatic heterocycles. The topological polar surface area (TPSA) is 40.5 Å². The average Bonchev–Trinajstić information content (AvgIpc) is 2.62. The lowest BCUT2D eigenvalue weighted by Gasteiger charge is -2.41. The number of hydrogen-bond donors (Lipinski definition) is 1. The quantitative estimate of drug-likeness (QED) is 0.794. The molecule has 3 nitrogen and oxygen atoms in total. The van der Waals surface area contributed by atoms with Gasteiger partial charge in [0.25, 0.3) is 0 Å². The Morgan fingerprint density at radius 2 is 1.94 bits per heavy atom. The molecule has 3 heteroatoms. The summed E-state index contributed by atoms with van der Waals surface area (Å²) in [5.41, 5.74) is -0.134. The minimum absolute atomic E-state index is 0.0956. The van der Waals surface area contributed by atoms with Crippen molar-refractivity contribution in [3.8, 4) is 0 Å². The molecule has 2 fully saturated rings. The lowest BCUT2D eigenvalue weighted by Crippen LogP contribution is -2.50. The highest BCUT2D eigenvalue weighted by Gasteiger charge is 2.41. The fourth-order valence-corrected chi connectivity index (χ4v) is 2.97. The summed E-state index contributed by atoms with van der Waals surface area (Å²) in [6.45, 7) is 2.72. The standard InChI is InChI=1S/C13H23NO2/c1-13(7-2-3-8-13)12(16)14(9-10-15)11-5-4-6-11/h11,15H,2-10H2,1H3. The normalized spacial score (nSPS) is 24.1. The van der Waals surface area contributed by atoms with Gasteiger partial charge in [-0.2, -0.15) is 0 Å². The Labute approximate surface area is 97.8 Å². The van der Waals surface area contributed by atoms with Gasteiger partial charge in [0.15, 0.2) is 0 Å². The van der Waals surface area contributed by atoms with Crippen molar-refractivity contribution in [1.29, 1.82) is 0 Å². The van der Waals surface area contributed by atoms with E-state index in [1.807, 2.05) is 4.90 Å². The highest BCUT2D eigenvalue weighted by molar-refractivity contribution is 5.83. The summed E-state index contributed by atoms with van der Waals surface area (Å²) >= 11 is 0. The van der Waals surface area contributed by atoms with Crippen LogP contribution < -0.4 is 0 Å². The van der Waals surface area contributed by atoms with Crippen LogP contribution in [0.2, 0.25) is 0 Å². The minimum Gasteiger partial charge on any atom is -0.395 e. The Balaban J connectivity index is 2.03. The number of carbonyl (C=O) groups excluding carboxylic acids is 1. The third-order valence-corrected chi connectivity index (χ3v) is 4.34. The molecule has 16 heavy (non-hydrogen) atoms. The Morgan fingerprint density at radius 1 is 1.31 bits per heavy atom. The van der Waals surface area contributed by atoms with Crippen molar-refractivity contribution in [2.24, 2.45) is 5.41 Å². The molecule has 0 bridgehead atoms. The molecule has 2 saturated carbocycles. The molecule has 2 rings (SSSR count). The lowest BCUT2D eigenvalue weighted by molar-refractivity contribution is -0.145. The zero-order chi connectivity index (χ0) is 11.6. The Morgan fingerprint density at radius 3 is 2.38 bits per heavy atom. The summed E-state index contributed by atoms with van der Waals surface area (Å²) in [6.07, 6.45) is 7.90. The maximum atomic E-state index is 12.5. The number of rotatable bonds is 4. The number of amides is 1. The van der Waals surface area contributed by atoms with Crippen molar-refractivity contribution in [3.05, 3.63) is 0 Å². The average molecular weight is 225 g/mol. The zero-order valence-electron chi connectivity index (χ0n) is 10.2. The monoisotopic (exact) mass is 225 g/mol. The number of carbonyl (C=O) groups is 1. The van der Waals surface area contributed by atoms with E-state index in [1.165, 1.54) is 19.3 Å². The molecule has 92 valence electrons. The van der Waals surface area contributed by atoms with Crippen LogP contribution in [0.25, 0.3) is 0 Å². The fourth-order valence-electron chi connectivity index (χ4n) is 2.97. The molecule has 0 aromatic carbocycles. The van der Waals surface area contributed by atoms with E-state index in [0.29, 0.717) is 18.5 Å². The molecule has 0 radical (unpaired) electrons. The first-order valence-corrected chi connectivity index (χ1v) is 6.59. The zero-order valence-corrected chi connectivity index (χ0v) is 10.2. The van der Waals surface area contributed by atoms with E-state index in [4.69, 9.17) is 5.11 Å². The predicted octanol–water partition coefficient (Wildman–Crippen LogP) is 1.94. The van der Waals surface area contributed by atoms with Crippen molar-refractivity contribution in [3.63, 3.8) is 0 Å². The number of nitrogens with zero attached hydrogens (tertiary/aromatic N) is 1. The molecule has 0 aromatic rings. The van der Waals surface area contributed by atoms with Gasteiger partial charge in [-0.25, -0.2) is 0 Å². The molecule has 2 aliphatic carbocycles. The Kier molecular flexibility index (Phi) is 3.53. The van der Waals surface area contributed by atoms with Crippen LogP contribution in [0.3, 0.4) is 0 Å². The summed E-state index contributed by atoms with van der Waals surface area (Å²) < 4.78 is 0. The Bertz CT molecular complexity index is 255. The van der Waals surface area contributed by atoms with Crippen LogP contribution in [0.1, 0.15) is 51.9 Å². The third-order valence-electron chi connectivity index (χ3n) is 4.34. The molecule has 0 heterocycles. The first-order valence-electron chi connectivity index (χ1n) is 6.59. The van der Waals surface area contributed by atoms with Gasteiger partial charge < -0.3 is 10.0 Å². The van der Waals surface area contributed by atoms with Gasteiger partial charge in [-0.15, -0.1) is 0 Å². The fraction of sp³-hybridized carbons (Fsp3) is 0.923. The van der Waals surface area contributed by atoms with E-state index >= 15 is 0 Å². The number of aliphatic hydroxyl groups excluding tert-OH is 1. The number of hydrogen-bond acceptors (Lipinski definition) is 2. The number of aliphatic hydroxyl groups is 1. The van der Waals surface area contributed by atoms with E-state index < -0.39 is 0 Å². The van der Waals surface area contributed by atoms with Crippen LogP contribution in [-0.2, 0) is 4.79 Å². The minimum atomic E-state index is -0.134. The van der Waals surface area contributed by atoms with E-state index in [9.17, 15) is 4.79 Å². The summed E-state index contributed by atoms with van der Waals surface area (Å²) in [5.74, 6) is 0.295. The predicted molar refractivity (Wildman–Crippen MR) is 63.0 cm³/mol. The van der Waals surface area contributed by atoms with Crippen LogP contribution in [-0.4, -0.2) is 35.1 Å². The third kappa shape index (κ3) is 2.10. The molecule has 2 aliphatic rings. The molecule has 1 amide bonds. The second-order valence-corrected chi connectivity index (χ2v) is 5.57. The van der Waals surface area contributed by atoms with E-state index in [1.54, 1.807) is 0 Å². The first kappa shape index (κ1) is 11.9. The summed E-state index contributed by atoms with van der Waals surface area (Å²) in [6, 6.07) is 0.414. The molecule has 0 spiro atoms. The van der Waals surface area contributed by atoms with Gasteiger partial charge in [-0.3, -0.25) is 4.79 Å². The van der Waals surface area contributed by atoms with Crippen molar-refractivity contribution >= 4 is 5.91 Å². The first-order chi connectivity index (χ1) is 7.67. The van der Waals surface area contributed by atoms with Crippen LogP contribution in [0.15, 0.2) is 0 Å². The van der Waals surface area contributed by atoms with Gasteiger partial charge in [-0.05, 0) is 32.1 Å². The van der Waals surface area contributed by atoms with Gasteiger partial charge >= 0.3 is 0 Å². The van der Waals surface area contributed by atoms with E-state index in [-0.39, 0.29) is 12.0 Å². The van der Waals surface area contributed by atoms with Crippen molar-refractivity contribution < 1.29 is 9.90 Å². The highest BCUT2D eigenvalue weighted by Crippen LogP contribution is 2.40. The summed E-state index contributed by atoms with van der Waals surface area (Å²) in [4.78, 5) is 14.5. The van der Waals surface area contributed by atoms with Gasteiger partial charge in [-0.1, -0.05) is 19.8 Å². The van der Waals surface area contributed by atoms with E-state index in [2.05, 4.69) is 6.92 Å². The van der Waals surface area contributed by atoms with Gasteiger partial charge in [0.2, 0.25) is 5.91 Å². The smallest absolute Gasteiger partial charge is 0.228 e. The molecule has 0 atom stereocenters. The largest absolute Gasteiger partial charge is 0.395 e. The maximum Gasteiger partial charge on any atom is 0.228 e. The van der Waals surface area contributed by atoms with Crippen molar-refractivity contribution in [2.75, 3.05) is 13.2 Å². The van der Waals surface area contributed by atoms with Crippen molar-refractivity contribution in [2.45, 2.75) is 57.9 Å². The molecule has 0 unspecified atom stereocenters. The lowest BCUT2D eigenvalue weighted by atomic mass is 9.84. The van der Waals surface area contributed by atoms with Crippen molar-refractivity contribution in [1.82, 2.24) is 4.90 Å². The van der Waals surface area contributed by atoms with Crippen LogP contribution in [0.4, 0.5) is 0 Å². The van der Waals surface area contributed by atoms with Gasteiger partial charge in [0.1, 0.15) is 0 Å². The molecular weight excluding hydrogens is 202 g/mol. The highest BCUT2D eigenvalue weighted by atomic mass is 16.3.